The van der Waals surface area contributed by atoms with Crippen LogP contribution in [-0.2, 0) is 18.4 Å². The van der Waals surface area contributed by atoms with Gasteiger partial charge in [0.05, 0.1) is 17.3 Å². The van der Waals surface area contributed by atoms with E-state index in [1.165, 1.54) is 5.57 Å². The Bertz CT molecular complexity index is 1150. The van der Waals surface area contributed by atoms with Gasteiger partial charge in [0.2, 0.25) is 0 Å². The van der Waals surface area contributed by atoms with Gasteiger partial charge in [-0.25, -0.2) is 9.78 Å². The molecule has 2 fully saturated rings. The van der Waals surface area contributed by atoms with Gasteiger partial charge in [0, 0.05) is 26.1 Å². The number of carbonyl (C=O) groups is 1. The largest absolute Gasteiger partial charge is 0.380 e. The topological polar surface area (TPSA) is 80.4 Å². The molecule has 1 N–H and O–H groups in total. The Morgan fingerprint density at radius 3 is 2.58 bits per heavy atom. The van der Waals surface area contributed by atoms with Crippen LogP contribution in [0.5, 0.6) is 0 Å². The van der Waals surface area contributed by atoms with Crippen molar-refractivity contribution in [2.75, 3.05) is 6.54 Å². The zero-order chi connectivity index (χ0) is 22.1. The van der Waals surface area contributed by atoms with Crippen molar-refractivity contribution in [1.29, 1.82) is 0 Å². The van der Waals surface area contributed by atoms with Crippen molar-refractivity contribution in [2.24, 2.45) is 18.4 Å². The fourth-order valence-corrected chi connectivity index (χ4v) is 5.34. The summed E-state index contributed by atoms with van der Waals surface area (Å²) in [4.78, 5) is 32.5. The number of imidazole rings is 1. The van der Waals surface area contributed by atoms with Gasteiger partial charge in [-0.05, 0) is 55.2 Å². The molecule has 2 unspecified atom stereocenters. The Kier molecular flexibility index (Phi) is 4.49. The van der Waals surface area contributed by atoms with E-state index in [-0.39, 0.29) is 29.0 Å². The van der Waals surface area contributed by atoms with E-state index in [1.54, 1.807) is 11.6 Å². The summed E-state index contributed by atoms with van der Waals surface area (Å²) in [5.41, 5.74) is 2.42. The van der Waals surface area contributed by atoms with Crippen molar-refractivity contribution in [3.05, 3.63) is 34.4 Å². The second kappa shape index (κ2) is 6.79. The number of aliphatic hydroxyl groups is 1. The third kappa shape index (κ3) is 3.25. The van der Waals surface area contributed by atoms with Crippen LogP contribution in [0.4, 0.5) is 0 Å². The smallest absolute Gasteiger partial charge is 0.330 e. The van der Waals surface area contributed by atoms with Gasteiger partial charge in [-0.1, -0.05) is 26.8 Å². The average Bonchev–Trinajstić information content (AvgIpc) is 2.95. The maximum Gasteiger partial charge on any atom is 0.330 e. The number of amides is 1. The lowest BCUT2D eigenvalue weighted by atomic mass is 9.74. The van der Waals surface area contributed by atoms with Crippen LogP contribution in [0.1, 0.15) is 58.6 Å². The number of fused-ring (bicyclic) bond motifs is 3. The SMILES string of the molecule is Cn1c(=O)n(CC(C)(C)C)c2ccc(C3=CC4CCC3CN4C(=O)C3(O)CCC3)nc21. The zero-order valence-corrected chi connectivity index (χ0v) is 18.9. The average molecular weight is 425 g/mol. The fourth-order valence-electron chi connectivity index (χ4n) is 5.34. The second-order valence-electron chi connectivity index (χ2n) is 10.8. The van der Waals surface area contributed by atoms with Crippen molar-refractivity contribution in [2.45, 2.75) is 71.1 Å². The first-order valence-electron chi connectivity index (χ1n) is 11.4. The van der Waals surface area contributed by atoms with E-state index in [1.807, 2.05) is 21.6 Å². The minimum atomic E-state index is -1.14. The van der Waals surface area contributed by atoms with Gasteiger partial charge in [0.1, 0.15) is 5.60 Å². The third-order valence-corrected chi connectivity index (χ3v) is 7.19. The number of aryl methyl sites for hydroxylation is 1. The monoisotopic (exact) mass is 424 g/mol. The lowest BCUT2D eigenvalue weighted by Gasteiger charge is -2.48. The lowest BCUT2D eigenvalue weighted by Crippen LogP contribution is -2.59. The quantitative estimate of drug-likeness (QED) is 0.822. The molecule has 2 aliphatic heterocycles. The van der Waals surface area contributed by atoms with Crippen LogP contribution in [0.25, 0.3) is 16.7 Å². The van der Waals surface area contributed by atoms with E-state index in [0.717, 1.165) is 30.5 Å². The Labute approximate surface area is 182 Å². The van der Waals surface area contributed by atoms with Gasteiger partial charge in [-0.3, -0.25) is 13.9 Å². The molecule has 2 aromatic rings. The van der Waals surface area contributed by atoms with Crippen LogP contribution in [0.3, 0.4) is 0 Å². The molecule has 1 saturated carbocycles. The van der Waals surface area contributed by atoms with Crippen molar-refractivity contribution in [3.63, 3.8) is 0 Å². The van der Waals surface area contributed by atoms with Crippen LogP contribution in [-0.4, -0.2) is 48.2 Å². The predicted molar refractivity (Wildman–Crippen MR) is 119 cm³/mol. The number of rotatable bonds is 3. The summed E-state index contributed by atoms with van der Waals surface area (Å²) in [6.45, 7) is 7.64. The summed E-state index contributed by atoms with van der Waals surface area (Å²) >= 11 is 0. The van der Waals surface area contributed by atoms with Gasteiger partial charge in [0.25, 0.3) is 5.91 Å². The first-order chi connectivity index (χ1) is 14.6. The molecule has 0 spiro atoms. The molecule has 2 bridgehead atoms. The minimum absolute atomic E-state index is 0.0116. The summed E-state index contributed by atoms with van der Waals surface area (Å²) in [5.74, 6) is 0.116. The first kappa shape index (κ1) is 20.5. The molecule has 4 heterocycles. The maximum absolute atomic E-state index is 12.9. The van der Waals surface area contributed by atoms with E-state index in [2.05, 4.69) is 26.8 Å². The molecule has 4 aliphatic rings. The number of hydrogen-bond donors (Lipinski definition) is 1. The zero-order valence-electron chi connectivity index (χ0n) is 18.9. The van der Waals surface area contributed by atoms with Crippen LogP contribution < -0.4 is 5.69 Å². The summed E-state index contributed by atoms with van der Waals surface area (Å²) in [7, 11) is 1.78. The van der Waals surface area contributed by atoms with Crippen LogP contribution >= 0.6 is 0 Å². The highest BCUT2D eigenvalue weighted by Crippen LogP contribution is 2.42. The Morgan fingerprint density at radius 1 is 1.26 bits per heavy atom. The minimum Gasteiger partial charge on any atom is -0.380 e. The molecule has 2 aromatic heterocycles. The van der Waals surface area contributed by atoms with Crippen molar-refractivity contribution < 1.29 is 9.90 Å². The summed E-state index contributed by atoms with van der Waals surface area (Å²) in [6, 6.07) is 4.04. The fraction of sp³-hybridized carbons (Fsp3) is 0.625. The summed E-state index contributed by atoms with van der Waals surface area (Å²) in [6.07, 6.45) is 6.18. The Hall–Kier alpha value is -2.41. The third-order valence-electron chi connectivity index (χ3n) is 7.19. The Balaban J connectivity index is 1.49. The summed E-state index contributed by atoms with van der Waals surface area (Å²) in [5, 5.41) is 10.5. The molecule has 2 atom stereocenters. The standard InChI is InChI=1S/C24H32N4O3/c1-23(2,3)14-28-19-9-8-18(25-20(19)26(4)22(28)30)17-12-16-7-6-15(17)13-27(16)21(29)24(31)10-5-11-24/h8-9,12,15-16,31H,5-7,10-11,13-14H2,1-4H3. The van der Waals surface area contributed by atoms with Crippen molar-refractivity contribution in [1.82, 2.24) is 19.0 Å². The molecule has 7 nitrogen and oxygen atoms in total. The van der Waals surface area contributed by atoms with E-state index in [9.17, 15) is 14.7 Å². The van der Waals surface area contributed by atoms with Crippen molar-refractivity contribution in [3.8, 4) is 0 Å². The molecule has 1 amide bonds. The highest BCUT2D eigenvalue weighted by molar-refractivity contribution is 5.88. The highest BCUT2D eigenvalue weighted by atomic mass is 16.3. The van der Waals surface area contributed by atoms with Gasteiger partial charge in [-0.2, -0.15) is 0 Å². The van der Waals surface area contributed by atoms with Gasteiger partial charge < -0.3 is 10.0 Å². The number of nitrogens with zero attached hydrogens (tertiary/aromatic N) is 4. The molecular weight excluding hydrogens is 392 g/mol. The molecule has 31 heavy (non-hydrogen) atoms. The van der Waals surface area contributed by atoms with Gasteiger partial charge >= 0.3 is 5.69 Å². The summed E-state index contributed by atoms with van der Waals surface area (Å²) < 4.78 is 3.45. The van der Waals surface area contributed by atoms with Gasteiger partial charge in [0.15, 0.2) is 5.65 Å². The first-order valence-corrected chi connectivity index (χ1v) is 11.4. The lowest BCUT2D eigenvalue weighted by molar-refractivity contribution is -0.164. The molecule has 0 radical (unpaired) electrons. The number of piperidine rings is 1. The molecule has 7 heteroatoms. The van der Waals surface area contributed by atoms with Crippen molar-refractivity contribution >= 4 is 22.6 Å². The predicted octanol–water partition coefficient (Wildman–Crippen LogP) is 2.70. The van der Waals surface area contributed by atoms with Crippen LogP contribution in [0, 0.1) is 11.3 Å². The van der Waals surface area contributed by atoms with Gasteiger partial charge in [-0.15, -0.1) is 0 Å². The number of aromatic nitrogens is 3. The molecule has 0 aromatic carbocycles. The molecule has 6 rings (SSSR count). The van der Waals surface area contributed by atoms with E-state index in [4.69, 9.17) is 4.98 Å². The van der Waals surface area contributed by atoms with E-state index in [0.29, 0.717) is 31.6 Å². The molecular formula is C24H32N4O3. The maximum atomic E-state index is 12.9. The second-order valence-corrected chi connectivity index (χ2v) is 10.8. The molecule has 1 saturated heterocycles. The Morgan fingerprint density at radius 2 is 2.00 bits per heavy atom. The van der Waals surface area contributed by atoms with Crippen LogP contribution in [0.2, 0.25) is 0 Å². The molecule has 2 aliphatic carbocycles. The highest BCUT2D eigenvalue weighted by Gasteiger charge is 2.48. The number of hydrogen-bond acceptors (Lipinski definition) is 4. The number of carbonyl (C=O) groups excluding carboxylic acids is 1. The van der Waals surface area contributed by atoms with E-state index >= 15 is 0 Å². The normalized spacial score (nSPS) is 24.9. The van der Waals surface area contributed by atoms with E-state index < -0.39 is 5.60 Å². The molecule has 166 valence electrons. The number of pyridine rings is 1. The van der Waals surface area contributed by atoms with Crippen LogP contribution in [0.15, 0.2) is 23.0 Å².